The maximum absolute atomic E-state index is 3.55. The molecule has 2 N–H and O–H groups in total. The van der Waals surface area contributed by atoms with E-state index in [-0.39, 0.29) is 0 Å². The van der Waals surface area contributed by atoms with Gasteiger partial charge >= 0.3 is 0 Å². The maximum Gasteiger partial charge on any atom is 0.0369 e. The zero-order chi connectivity index (χ0) is 13.7. The molecule has 106 valence electrons. The molecule has 1 aromatic rings. The van der Waals surface area contributed by atoms with Crippen molar-refractivity contribution >= 4 is 5.69 Å². The van der Waals surface area contributed by atoms with Crippen molar-refractivity contribution in [3.05, 3.63) is 29.8 Å². The lowest BCUT2D eigenvalue weighted by atomic mass is 10.0. The second kappa shape index (κ2) is 6.92. The van der Waals surface area contributed by atoms with E-state index >= 15 is 0 Å². The average Bonchev–Trinajstić information content (AvgIpc) is 2.37. The van der Waals surface area contributed by atoms with Gasteiger partial charge in [-0.3, -0.25) is 0 Å². The first-order chi connectivity index (χ1) is 9.13. The summed E-state index contributed by atoms with van der Waals surface area (Å²) >= 11 is 0. The summed E-state index contributed by atoms with van der Waals surface area (Å²) in [5, 5.41) is 7.08. The monoisotopic (exact) mass is 261 g/mol. The normalized spacial score (nSPS) is 20.7. The van der Waals surface area contributed by atoms with Crippen molar-refractivity contribution in [2.75, 3.05) is 38.5 Å². The predicted molar refractivity (Wildman–Crippen MR) is 82.8 cm³/mol. The molecule has 1 aliphatic rings. The Labute approximate surface area is 117 Å². The largest absolute Gasteiger partial charge is 0.383 e. The number of hydrogen-bond donors (Lipinski definition) is 2. The number of hydrogen-bond acceptors (Lipinski definition) is 3. The van der Waals surface area contributed by atoms with Crippen LogP contribution in [0.3, 0.4) is 0 Å². The Morgan fingerprint density at radius 2 is 2.05 bits per heavy atom. The Balaban J connectivity index is 1.79. The zero-order valence-corrected chi connectivity index (χ0v) is 12.4. The summed E-state index contributed by atoms with van der Waals surface area (Å²) in [5.74, 6) is 0.723. The molecule has 0 aromatic heterocycles. The summed E-state index contributed by atoms with van der Waals surface area (Å²) in [4.78, 5) is 2.38. The Hall–Kier alpha value is -1.06. The number of nitrogens with one attached hydrogen (secondary N) is 2. The van der Waals surface area contributed by atoms with Crippen LogP contribution in [0.15, 0.2) is 24.3 Å². The minimum atomic E-state index is 0.550. The van der Waals surface area contributed by atoms with Gasteiger partial charge in [0.2, 0.25) is 0 Å². The van der Waals surface area contributed by atoms with Crippen LogP contribution in [0.25, 0.3) is 0 Å². The zero-order valence-electron chi connectivity index (χ0n) is 12.4. The first-order valence-corrected chi connectivity index (χ1v) is 7.38. The van der Waals surface area contributed by atoms with Gasteiger partial charge in [0, 0.05) is 37.9 Å². The van der Waals surface area contributed by atoms with Crippen molar-refractivity contribution in [3.63, 3.8) is 0 Å². The second-order valence-corrected chi connectivity index (χ2v) is 6.09. The fourth-order valence-corrected chi connectivity index (χ4v) is 2.60. The van der Waals surface area contributed by atoms with Gasteiger partial charge < -0.3 is 15.5 Å². The molecule has 0 spiro atoms. The molecule has 1 atom stereocenters. The van der Waals surface area contributed by atoms with E-state index < -0.39 is 0 Å². The third kappa shape index (κ3) is 4.84. The van der Waals surface area contributed by atoms with Crippen LogP contribution in [0.1, 0.15) is 19.4 Å². The molecule has 1 fully saturated rings. The molecule has 0 aliphatic carbocycles. The van der Waals surface area contributed by atoms with E-state index in [2.05, 4.69) is 60.7 Å². The summed E-state index contributed by atoms with van der Waals surface area (Å²) in [6.45, 7) is 8.89. The molecule has 0 amide bonds. The van der Waals surface area contributed by atoms with E-state index in [1.165, 1.54) is 11.3 Å². The fourth-order valence-electron chi connectivity index (χ4n) is 2.60. The van der Waals surface area contributed by atoms with Gasteiger partial charge in [-0.15, -0.1) is 0 Å². The molecule has 19 heavy (non-hydrogen) atoms. The van der Waals surface area contributed by atoms with Crippen LogP contribution >= 0.6 is 0 Å². The van der Waals surface area contributed by atoms with Crippen molar-refractivity contribution < 1.29 is 0 Å². The molecule has 3 heteroatoms. The molecule has 0 bridgehead atoms. The lowest BCUT2D eigenvalue weighted by Crippen LogP contribution is -2.51. The second-order valence-electron chi connectivity index (χ2n) is 6.09. The van der Waals surface area contributed by atoms with E-state index in [0.29, 0.717) is 6.04 Å². The smallest absolute Gasteiger partial charge is 0.0369 e. The van der Waals surface area contributed by atoms with Gasteiger partial charge in [0.25, 0.3) is 0 Å². The van der Waals surface area contributed by atoms with Crippen molar-refractivity contribution in [3.8, 4) is 0 Å². The Bertz CT molecular complexity index is 372. The van der Waals surface area contributed by atoms with Crippen molar-refractivity contribution in [2.45, 2.75) is 26.3 Å². The Kier molecular flexibility index (Phi) is 5.23. The highest BCUT2D eigenvalue weighted by atomic mass is 15.2. The minimum absolute atomic E-state index is 0.550. The highest BCUT2D eigenvalue weighted by Crippen LogP contribution is 2.13. The summed E-state index contributed by atoms with van der Waals surface area (Å²) in [7, 11) is 2.19. The van der Waals surface area contributed by atoms with E-state index in [0.717, 1.165) is 38.5 Å². The third-order valence-corrected chi connectivity index (χ3v) is 3.61. The standard InChI is InChI=1S/C16H27N3/c1-13(2)10-14-4-6-15(7-5-14)18-11-16-12-19(3)9-8-17-16/h4-7,13,16-18H,8-12H2,1-3H3. The molecular formula is C16H27N3. The SMILES string of the molecule is CC(C)Cc1ccc(NCC2CN(C)CCN2)cc1. The lowest BCUT2D eigenvalue weighted by molar-refractivity contribution is 0.244. The number of likely N-dealkylation sites (N-methyl/N-ethyl adjacent to an activating group) is 1. The average molecular weight is 261 g/mol. The Morgan fingerprint density at radius 3 is 2.68 bits per heavy atom. The van der Waals surface area contributed by atoms with E-state index in [1.807, 2.05) is 0 Å². The predicted octanol–water partition coefficient (Wildman–Crippen LogP) is 2.20. The number of rotatable bonds is 5. The van der Waals surface area contributed by atoms with Crippen LogP contribution in [-0.4, -0.2) is 44.2 Å². The quantitative estimate of drug-likeness (QED) is 0.851. The minimum Gasteiger partial charge on any atom is -0.383 e. The molecule has 1 saturated heterocycles. The third-order valence-electron chi connectivity index (χ3n) is 3.61. The van der Waals surface area contributed by atoms with Crippen LogP contribution in [0.5, 0.6) is 0 Å². The van der Waals surface area contributed by atoms with Gasteiger partial charge in [-0.2, -0.15) is 0 Å². The van der Waals surface area contributed by atoms with E-state index in [9.17, 15) is 0 Å². The summed E-state index contributed by atoms with van der Waals surface area (Å²) in [6.07, 6.45) is 1.16. The topological polar surface area (TPSA) is 27.3 Å². The van der Waals surface area contributed by atoms with Crippen molar-refractivity contribution in [2.24, 2.45) is 5.92 Å². The number of benzene rings is 1. The summed E-state index contributed by atoms with van der Waals surface area (Å²) in [6, 6.07) is 9.43. The molecule has 1 unspecified atom stereocenters. The van der Waals surface area contributed by atoms with Gasteiger partial charge in [-0.05, 0) is 37.1 Å². The van der Waals surface area contributed by atoms with Crippen LogP contribution in [0.2, 0.25) is 0 Å². The maximum atomic E-state index is 3.55. The summed E-state index contributed by atoms with van der Waals surface area (Å²) < 4.78 is 0. The number of nitrogens with zero attached hydrogens (tertiary/aromatic N) is 1. The fraction of sp³-hybridized carbons (Fsp3) is 0.625. The molecule has 0 radical (unpaired) electrons. The first-order valence-electron chi connectivity index (χ1n) is 7.38. The number of piperazine rings is 1. The number of anilines is 1. The molecule has 1 aromatic carbocycles. The molecule has 2 rings (SSSR count). The highest BCUT2D eigenvalue weighted by molar-refractivity contribution is 5.44. The molecule has 1 aliphatic heterocycles. The highest BCUT2D eigenvalue weighted by Gasteiger charge is 2.15. The molecule has 3 nitrogen and oxygen atoms in total. The first kappa shape index (κ1) is 14.4. The van der Waals surface area contributed by atoms with Gasteiger partial charge in [0.05, 0.1) is 0 Å². The van der Waals surface area contributed by atoms with Crippen LogP contribution < -0.4 is 10.6 Å². The molecule has 1 heterocycles. The van der Waals surface area contributed by atoms with Gasteiger partial charge in [0.15, 0.2) is 0 Å². The molecular weight excluding hydrogens is 234 g/mol. The van der Waals surface area contributed by atoms with E-state index in [4.69, 9.17) is 0 Å². The van der Waals surface area contributed by atoms with Crippen molar-refractivity contribution in [1.82, 2.24) is 10.2 Å². The van der Waals surface area contributed by atoms with Crippen LogP contribution in [0, 0.1) is 5.92 Å². The van der Waals surface area contributed by atoms with Crippen LogP contribution in [0.4, 0.5) is 5.69 Å². The van der Waals surface area contributed by atoms with Gasteiger partial charge in [-0.25, -0.2) is 0 Å². The lowest BCUT2D eigenvalue weighted by Gasteiger charge is -2.31. The van der Waals surface area contributed by atoms with E-state index in [1.54, 1.807) is 0 Å². The van der Waals surface area contributed by atoms with Gasteiger partial charge in [-0.1, -0.05) is 26.0 Å². The molecule has 0 saturated carbocycles. The summed E-state index contributed by atoms with van der Waals surface area (Å²) in [5.41, 5.74) is 2.65. The van der Waals surface area contributed by atoms with Gasteiger partial charge in [0.1, 0.15) is 0 Å². The Morgan fingerprint density at radius 1 is 1.32 bits per heavy atom. The van der Waals surface area contributed by atoms with Crippen molar-refractivity contribution in [1.29, 1.82) is 0 Å². The van der Waals surface area contributed by atoms with Crippen LogP contribution in [-0.2, 0) is 6.42 Å².